The van der Waals surface area contributed by atoms with E-state index in [1.165, 1.54) is 44.9 Å². The Morgan fingerprint density at radius 2 is 2.14 bits per heavy atom. The standard InChI is InChI=1S/C14H26/c1-4-6-7-10-14(3)11-8-9-13(5-2)12-14/h7,10,13H,4-6,8-9,11-12H2,1-3H3. The van der Waals surface area contributed by atoms with Crippen molar-refractivity contribution in [3.05, 3.63) is 12.2 Å². The molecule has 14 heavy (non-hydrogen) atoms. The van der Waals surface area contributed by atoms with Gasteiger partial charge in [0.25, 0.3) is 0 Å². The summed E-state index contributed by atoms with van der Waals surface area (Å²) in [5.41, 5.74) is 0.522. The highest BCUT2D eigenvalue weighted by Gasteiger charge is 2.28. The predicted octanol–water partition coefficient (Wildman–Crippen LogP) is 4.95. The molecule has 0 amide bonds. The first kappa shape index (κ1) is 11.8. The molecule has 1 aliphatic rings. The Morgan fingerprint density at radius 3 is 2.79 bits per heavy atom. The van der Waals surface area contributed by atoms with Gasteiger partial charge in [0, 0.05) is 0 Å². The van der Waals surface area contributed by atoms with Crippen LogP contribution in [0.1, 0.15) is 65.7 Å². The van der Waals surface area contributed by atoms with Crippen molar-refractivity contribution in [3.63, 3.8) is 0 Å². The molecule has 0 aromatic carbocycles. The summed E-state index contributed by atoms with van der Waals surface area (Å²) >= 11 is 0. The Balaban J connectivity index is 2.46. The van der Waals surface area contributed by atoms with Crippen molar-refractivity contribution >= 4 is 0 Å². The molecule has 0 aromatic heterocycles. The molecule has 82 valence electrons. The summed E-state index contributed by atoms with van der Waals surface area (Å²) < 4.78 is 0. The van der Waals surface area contributed by atoms with Gasteiger partial charge in [-0.25, -0.2) is 0 Å². The maximum Gasteiger partial charge on any atom is -0.0144 e. The summed E-state index contributed by atoms with van der Waals surface area (Å²) in [7, 11) is 0. The number of allylic oxidation sites excluding steroid dienone is 2. The first-order valence-electron chi connectivity index (χ1n) is 6.38. The largest absolute Gasteiger partial charge is 0.0880 e. The van der Waals surface area contributed by atoms with Crippen LogP contribution in [0.25, 0.3) is 0 Å². The van der Waals surface area contributed by atoms with Crippen molar-refractivity contribution in [2.45, 2.75) is 65.7 Å². The molecule has 0 spiro atoms. The number of rotatable bonds is 4. The van der Waals surface area contributed by atoms with Crippen molar-refractivity contribution in [2.75, 3.05) is 0 Å². The number of unbranched alkanes of at least 4 members (excludes halogenated alkanes) is 1. The van der Waals surface area contributed by atoms with Gasteiger partial charge in [-0.2, -0.15) is 0 Å². The summed E-state index contributed by atoms with van der Waals surface area (Å²) in [6.45, 7) is 7.04. The normalized spacial score (nSPS) is 33.8. The molecule has 0 heterocycles. The van der Waals surface area contributed by atoms with Crippen LogP contribution in [0.5, 0.6) is 0 Å². The fourth-order valence-corrected chi connectivity index (χ4v) is 2.69. The molecule has 1 aliphatic carbocycles. The van der Waals surface area contributed by atoms with Crippen LogP contribution in [0.3, 0.4) is 0 Å². The first-order valence-corrected chi connectivity index (χ1v) is 6.38. The van der Waals surface area contributed by atoms with Gasteiger partial charge in [-0.15, -0.1) is 0 Å². The van der Waals surface area contributed by atoms with E-state index in [9.17, 15) is 0 Å². The Labute approximate surface area is 89.8 Å². The third-order valence-electron chi connectivity index (χ3n) is 3.67. The minimum absolute atomic E-state index is 0.522. The monoisotopic (exact) mass is 194 g/mol. The fourth-order valence-electron chi connectivity index (χ4n) is 2.69. The van der Waals surface area contributed by atoms with Crippen molar-refractivity contribution in [1.82, 2.24) is 0 Å². The van der Waals surface area contributed by atoms with Crippen molar-refractivity contribution in [1.29, 1.82) is 0 Å². The highest BCUT2D eigenvalue weighted by atomic mass is 14.3. The van der Waals surface area contributed by atoms with Crippen LogP contribution >= 0.6 is 0 Å². The van der Waals surface area contributed by atoms with E-state index < -0.39 is 0 Å². The quantitative estimate of drug-likeness (QED) is 0.555. The zero-order valence-corrected chi connectivity index (χ0v) is 10.2. The SMILES string of the molecule is CCCC=CC1(C)CCCC(CC)C1. The highest BCUT2D eigenvalue weighted by Crippen LogP contribution is 2.41. The molecule has 0 saturated heterocycles. The summed E-state index contributed by atoms with van der Waals surface area (Å²) in [5.74, 6) is 0.986. The number of hydrogen-bond acceptors (Lipinski definition) is 0. The van der Waals surface area contributed by atoms with Gasteiger partial charge in [0.1, 0.15) is 0 Å². The summed E-state index contributed by atoms with van der Waals surface area (Å²) in [6.07, 6.45) is 14.5. The van der Waals surface area contributed by atoms with E-state index in [4.69, 9.17) is 0 Å². The van der Waals surface area contributed by atoms with Crippen molar-refractivity contribution in [2.24, 2.45) is 11.3 Å². The van der Waals surface area contributed by atoms with Crippen LogP contribution < -0.4 is 0 Å². The third kappa shape index (κ3) is 3.48. The van der Waals surface area contributed by atoms with E-state index >= 15 is 0 Å². The average molecular weight is 194 g/mol. The molecule has 0 N–H and O–H groups in total. The lowest BCUT2D eigenvalue weighted by Gasteiger charge is -2.35. The fraction of sp³-hybridized carbons (Fsp3) is 0.857. The highest BCUT2D eigenvalue weighted by molar-refractivity contribution is 4.99. The minimum Gasteiger partial charge on any atom is -0.0880 e. The molecular weight excluding hydrogens is 168 g/mol. The lowest BCUT2D eigenvalue weighted by atomic mass is 9.70. The van der Waals surface area contributed by atoms with Gasteiger partial charge in [-0.1, -0.05) is 58.6 Å². The first-order chi connectivity index (χ1) is 6.70. The van der Waals surface area contributed by atoms with E-state index in [2.05, 4.69) is 32.9 Å². The van der Waals surface area contributed by atoms with Crippen LogP contribution in [0.15, 0.2) is 12.2 Å². The smallest absolute Gasteiger partial charge is 0.0144 e. The van der Waals surface area contributed by atoms with Crippen LogP contribution in [0.2, 0.25) is 0 Å². The summed E-state index contributed by atoms with van der Waals surface area (Å²) in [6, 6.07) is 0. The maximum atomic E-state index is 2.50. The molecular formula is C14H26. The summed E-state index contributed by atoms with van der Waals surface area (Å²) in [5, 5.41) is 0. The van der Waals surface area contributed by atoms with Gasteiger partial charge in [-0.05, 0) is 30.6 Å². The van der Waals surface area contributed by atoms with E-state index in [1.54, 1.807) is 0 Å². The van der Waals surface area contributed by atoms with Crippen LogP contribution in [0, 0.1) is 11.3 Å². The Bertz CT molecular complexity index is 180. The molecule has 0 radical (unpaired) electrons. The lowest BCUT2D eigenvalue weighted by Crippen LogP contribution is -2.23. The van der Waals surface area contributed by atoms with E-state index in [0.717, 1.165) is 5.92 Å². The molecule has 0 heteroatoms. The second kappa shape index (κ2) is 5.58. The molecule has 2 unspecified atom stereocenters. The number of hydrogen-bond donors (Lipinski definition) is 0. The molecule has 1 saturated carbocycles. The van der Waals surface area contributed by atoms with Crippen LogP contribution in [-0.2, 0) is 0 Å². The van der Waals surface area contributed by atoms with Crippen LogP contribution in [-0.4, -0.2) is 0 Å². The average Bonchev–Trinajstić information content (AvgIpc) is 2.18. The zero-order valence-electron chi connectivity index (χ0n) is 10.2. The maximum absolute atomic E-state index is 2.50. The van der Waals surface area contributed by atoms with Gasteiger partial charge < -0.3 is 0 Å². The van der Waals surface area contributed by atoms with Crippen molar-refractivity contribution in [3.8, 4) is 0 Å². The second-order valence-electron chi connectivity index (χ2n) is 5.22. The summed E-state index contributed by atoms with van der Waals surface area (Å²) in [4.78, 5) is 0. The Hall–Kier alpha value is -0.260. The molecule has 0 aromatic rings. The molecule has 1 fully saturated rings. The third-order valence-corrected chi connectivity index (χ3v) is 3.67. The molecule has 0 aliphatic heterocycles. The molecule has 0 nitrogen and oxygen atoms in total. The Morgan fingerprint density at radius 1 is 1.36 bits per heavy atom. The lowest BCUT2D eigenvalue weighted by molar-refractivity contribution is 0.207. The van der Waals surface area contributed by atoms with Gasteiger partial charge in [0.2, 0.25) is 0 Å². The zero-order chi connectivity index (χ0) is 10.4. The van der Waals surface area contributed by atoms with Gasteiger partial charge >= 0.3 is 0 Å². The van der Waals surface area contributed by atoms with E-state index in [-0.39, 0.29) is 0 Å². The molecule has 2 atom stereocenters. The van der Waals surface area contributed by atoms with E-state index in [0.29, 0.717) is 5.41 Å². The van der Waals surface area contributed by atoms with Crippen LogP contribution in [0.4, 0.5) is 0 Å². The van der Waals surface area contributed by atoms with Crippen molar-refractivity contribution < 1.29 is 0 Å². The molecule has 1 rings (SSSR count). The Kier molecular flexibility index (Phi) is 4.71. The minimum atomic E-state index is 0.522. The van der Waals surface area contributed by atoms with E-state index in [1.807, 2.05) is 0 Å². The second-order valence-corrected chi connectivity index (χ2v) is 5.22. The van der Waals surface area contributed by atoms with Gasteiger partial charge in [-0.3, -0.25) is 0 Å². The predicted molar refractivity (Wildman–Crippen MR) is 64.4 cm³/mol. The van der Waals surface area contributed by atoms with Gasteiger partial charge in [0.15, 0.2) is 0 Å². The molecule has 0 bridgehead atoms. The van der Waals surface area contributed by atoms with Gasteiger partial charge in [0.05, 0.1) is 0 Å². The topological polar surface area (TPSA) is 0 Å².